The summed E-state index contributed by atoms with van der Waals surface area (Å²) in [6.07, 6.45) is 25.0. The molecule has 0 heterocycles. The lowest BCUT2D eigenvalue weighted by atomic mass is 10.1. The molecule has 0 aliphatic carbocycles. The van der Waals surface area contributed by atoms with Crippen molar-refractivity contribution in [1.82, 2.24) is 0 Å². The summed E-state index contributed by atoms with van der Waals surface area (Å²) in [6, 6.07) is 16.8. The Labute approximate surface area is 387 Å². The number of ether oxygens (including phenoxy) is 6. The second-order valence-corrected chi connectivity index (χ2v) is 16.7. The summed E-state index contributed by atoms with van der Waals surface area (Å²) >= 11 is 0. The van der Waals surface area contributed by atoms with E-state index in [2.05, 4.69) is 13.2 Å². The number of esters is 4. The zero-order valence-corrected chi connectivity index (χ0v) is 39.1. The zero-order chi connectivity index (χ0) is 46.9. The van der Waals surface area contributed by atoms with Crippen LogP contribution in [-0.2, 0) is 19.1 Å². The smallest absolute Gasteiger partial charge is 0.343 e. The molecule has 10 nitrogen and oxygen atoms in total. The molecule has 65 heavy (non-hydrogen) atoms. The van der Waals surface area contributed by atoms with Gasteiger partial charge in [0.1, 0.15) is 17.2 Å². The molecule has 3 aromatic carbocycles. The van der Waals surface area contributed by atoms with Crippen molar-refractivity contribution < 1.29 is 52.0 Å². The van der Waals surface area contributed by atoms with Crippen molar-refractivity contribution in [1.29, 1.82) is 0 Å². The van der Waals surface area contributed by atoms with Crippen molar-refractivity contribution >= 4 is 23.9 Å². The highest BCUT2D eigenvalue weighted by Gasteiger charge is 2.16. The molecule has 0 amide bonds. The highest BCUT2D eigenvalue weighted by Crippen LogP contribution is 2.25. The molecule has 0 aromatic heterocycles. The van der Waals surface area contributed by atoms with Gasteiger partial charge >= 0.3 is 23.9 Å². The third-order valence-electron chi connectivity index (χ3n) is 10.8. The Balaban J connectivity index is 1.19. The highest BCUT2D eigenvalue weighted by atomic mass is 19.1. The maximum Gasteiger partial charge on any atom is 0.343 e. The van der Waals surface area contributed by atoms with Crippen LogP contribution >= 0.6 is 0 Å². The minimum atomic E-state index is -0.844. The normalized spacial score (nSPS) is 10.8. The van der Waals surface area contributed by atoms with E-state index in [-0.39, 0.29) is 34.6 Å². The lowest BCUT2D eigenvalue weighted by molar-refractivity contribution is -0.139. The summed E-state index contributed by atoms with van der Waals surface area (Å²) in [7, 11) is 0. The third-order valence-corrected chi connectivity index (χ3v) is 10.8. The third kappa shape index (κ3) is 24.4. The number of hydrogen-bond acceptors (Lipinski definition) is 10. The Bertz CT molecular complexity index is 1870. The van der Waals surface area contributed by atoms with Gasteiger partial charge < -0.3 is 28.4 Å². The van der Waals surface area contributed by atoms with E-state index in [9.17, 15) is 23.6 Å². The molecular formula is C54H73FO10. The lowest BCUT2D eigenvalue weighted by Crippen LogP contribution is -2.11. The fraction of sp³-hybridized carbons (Fsp3) is 0.519. The number of carbonyl (C=O) groups excluding carboxylic acids is 4. The van der Waals surface area contributed by atoms with Crippen molar-refractivity contribution in [2.45, 2.75) is 155 Å². The molecule has 0 N–H and O–H groups in total. The minimum absolute atomic E-state index is 0.0229. The lowest BCUT2D eigenvalue weighted by Gasteiger charge is -2.10. The number of rotatable bonds is 36. The summed E-state index contributed by atoms with van der Waals surface area (Å²) in [4.78, 5) is 48.2. The molecule has 3 rings (SSSR count). The van der Waals surface area contributed by atoms with Gasteiger partial charge in [-0.3, -0.25) is 0 Å². The van der Waals surface area contributed by atoms with Gasteiger partial charge in [0.2, 0.25) is 0 Å². The first-order valence-corrected chi connectivity index (χ1v) is 23.9. The van der Waals surface area contributed by atoms with Crippen molar-refractivity contribution in [2.24, 2.45) is 0 Å². The van der Waals surface area contributed by atoms with Crippen LogP contribution in [0, 0.1) is 5.82 Å². The first-order valence-electron chi connectivity index (χ1n) is 23.9. The van der Waals surface area contributed by atoms with E-state index in [1.807, 2.05) is 0 Å². The van der Waals surface area contributed by atoms with Crippen LogP contribution in [0.4, 0.5) is 4.39 Å². The SMILES string of the molecule is C=C(C)C(=O)OCCCCCCCCCCCCCOc1ccc(C(=O)Oc2ccc(OC(=O)c3ccc(OCCCCCCCCCCCCCOC(=O)C(=C)C)cc3)c(F)c2)cc1. The summed E-state index contributed by atoms with van der Waals surface area (Å²) in [5.74, 6) is -1.85. The highest BCUT2D eigenvalue weighted by molar-refractivity contribution is 5.92. The first-order chi connectivity index (χ1) is 31.5. The van der Waals surface area contributed by atoms with Crippen LogP contribution in [-0.4, -0.2) is 50.3 Å². The van der Waals surface area contributed by atoms with Crippen LogP contribution in [0.3, 0.4) is 0 Å². The number of hydrogen-bond donors (Lipinski definition) is 0. The van der Waals surface area contributed by atoms with E-state index in [4.69, 9.17) is 28.4 Å². The molecule has 0 radical (unpaired) electrons. The Kier molecular flexibility index (Phi) is 27.4. The summed E-state index contributed by atoms with van der Waals surface area (Å²) < 4.78 is 47.5. The molecule has 356 valence electrons. The number of halogens is 1. The van der Waals surface area contributed by atoms with E-state index < -0.39 is 17.8 Å². The quantitative estimate of drug-likeness (QED) is 0.0241. The zero-order valence-electron chi connectivity index (χ0n) is 39.1. The molecule has 0 atom stereocenters. The molecule has 0 bridgehead atoms. The predicted molar refractivity (Wildman–Crippen MR) is 253 cm³/mol. The molecule has 0 spiro atoms. The van der Waals surface area contributed by atoms with Crippen LogP contribution in [0.5, 0.6) is 23.0 Å². The summed E-state index contributed by atoms with van der Waals surface area (Å²) in [5, 5.41) is 0. The molecule has 0 saturated carbocycles. The first kappa shape index (κ1) is 53.9. The van der Waals surface area contributed by atoms with Gasteiger partial charge in [-0.15, -0.1) is 0 Å². The van der Waals surface area contributed by atoms with Crippen LogP contribution in [0.15, 0.2) is 91.0 Å². The van der Waals surface area contributed by atoms with Crippen LogP contribution < -0.4 is 18.9 Å². The van der Waals surface area contributed by atoms with Crippen LogP contribution in [0.25, 0.3) is 0 Å². The van der Waals surface area contributed by atoms with Crippen molar-refractivity contribution in [2.75, 3.05) is 26.4 Å². The molecule has 11 heteroatoms. The van der Waals surface area contributed by atoms with Gasteiger partial charge in [0, 0.05) is 17.2 Å². The Hall–Kier alpha value is -5.45. The molecular weight excluding hydrogens is 828 g/mol. The van der Waals surface area contributed by atoms with E-state index in [0.717, 1.165) is 57.4 Å². The van der Waals surface area contributed by atoms with Gasteiger partial charge in [-0.2, -0.15) is 0 Å². The van der Waals surface area contributed by atoms with Gasteiger partial charge in [-0.1, -0.05) is 129 Å². The Morgan fingerprint density at radius 3 is 1.06 bits per heavy atom. The molecule has 0 unspecified atom stereocenters. The predicted octanol–water partition coefficient (Wildman–Crippen LogP) is 13.8. The monoisotopic (exact) mass is 901 g/mol. The second-order valence-electron chi connectivity index (χ2n) is 16.7. The fourth-order valence-corrected chi connectivity index (χ4v) is 6.87. The van der Waals surface area contributed by atoms with E-state index in [1.54, 1.807) is 62.4 Å². The summed E-state index contributed by atoms with van der Waals surface area (Å²) in [6.45, 7) is 12.6. The second kappa shape index (κ2) is 33.1. The fourth-order valence-electron chi connectivity index (χ4n) is 6.87. The van der Waals surface area contributed by atoms with Crippen LogP contribution in [0.1, 0.15) is 176 Å². The molecule has 0 fully saturated rings. The van der Waals surface area contributed by atoms with Crippen molar-refractivity contribution in [3.8, 4) is 23.0 Å². The van der Waals surface area contributed by atoms with Gasteiger partial charge in [-0.25, -0.2) is 23.6 Å². The van der Waals surface area contributed by atoms with Crippen LogP contribution in [0.2, 0.25) is 0 Å². The van der Waals surface area contributed by atoms with Gasteiger partial charge in [0.05, 0.1) is 37.6 Å². The molecule has 3 aromatic rings. The average Bonchev–Trinajstić information content (AvgIpc) is 3.29. The van der Waals surface area contributed by atoms with Crippen molar-refractivity contribution in [3.05, 3.63) is 108 Å². The summed E-state index contributed by atoms with van der Waals surface area (Å²) in [5.41, 5.74) is 1.42. The maximum absolute atomic E-state index is 14.9. The van der Waals surface area contributed by atoms with Gasteiger partial charge in [0.25, 0.3) is 0 Å². The number of benzene rings is 3. The topological polar surface area (TPSA) is 124 Å². The van der Waals surface area contributed by atoms with E-state index >= 15 is 0 Å². The van der Waals surface area contributed by atoms with Gasteiger partial charge in [-0.05, 0) is 100 Å². The Morgan fingerprint density at radius 2 is 0.723 bits per heavy atom. The molecule has 0 saturated heterocycles. The maximum atomic E-state index is 14.9. The van der Waals surface area contributed by atoms with E-state index in [1.165, 1.54) is 102 Å². The molecule has 0 aliphatic rings. The van der Waals surface area contributed by atoms with E-state index in [0.29, 0.717) is 49.1 Å². The number of unbranched alkanes of at least 4 members (excludes halogenated alkanes) is 20. The van der Waals surface area contributed by atoms with Gasteiger partial charge in [0.15, 0.2) is 11.6 Å². The average molecular weight is 901 g/mol. The van der Waals surface area contributed by atoms with Crippen molar-refractivity contribution in [3.63, 3.8) is 0 Å². The largest absolute Gasteiger partial charge is 0.494 e. The molecule has 0 aliphatic heterocycles. The standard InChI is InChI=1S/C54H73FO10/c1-42(2)51(56)62-39-25-21-17-13-9-5-7-11-15-19-23-37-60-46-31-27-44(28-32-46)53(58)64-48-35-36-50(49(55)41-48)65-54(59)45-29-33-47(34-30-45)61-38-24-20-16-12-8-6-10-14-18-22-26-40-63-52(57)43(3)4/h27-36,41H,1,3,5-26,37-40H2,2,4H3. The minimum Gasteiger partial charge on any atom is -0.494 e. The number of carbonyl (C=O) groups is 4. The Morgan fingerprint density at radius 1 is 0.415 bits per heavy atom.